The Morgan fingerprint density at radius 2 is 2.03 bits per heavy atom. The fourth-order valence-electron chi connectivity index (χ4n) is 3.78. The third-order valence-electron chi connectivity index (χ3n) is 5.50. The van der Waals surface area contributed by atoms with E-state index in [1.807, 2.05) is 0 Å². The molecule has 11 heteroatoms. The maximum absolute atomic E-state index is 13.5. The Morgan fingerprint density at radius 3 is 2.64 bits per heavy atom. The first-order chi connectivity index (χ1) is 15.7. The number of anilines is 1. The second-order valence-corrected chi connectivity index (χ2v) is 7.59. The van der Waals surface area contributed by atoms with Gasteiger partial charge in [-0.05, 0) is 30.3 Å². The molecule has 2 amide bonds. The Kier molecular flexibility index (Phi) is 7.28. The highest BCUT2D eigenvalue weighted by Crippen LogP contribution is 2.35. The van der Waals surface area contributed by atoms with Crippen LogP contribution in [0.15, 0.2) is 36.5 Å². The first kappa shape index (κ1) is 24.1. The number of alkyl halides is 3. The van der Waals surface area contributed by atoms with Gasteiger partial charge in [0.2, 0.25) is 5.91 Å². The number of nitriles is 1. The molecule has 2 aromatic rings. The van der Waals surface area contributed by atoms with Crippen LogP contribution in [0.25, 0.3) is 0 Å². The standard InChI is InChI=1S/C22H24F3N5O3/c1-28-8-3-4-18(28)21(32)29-9-10-30(19(14-29)20(31)27-7-11-33-2)16-6-5-15(13-26)17(12-16)22(23,24)25/h3-6,8,12,19H,7,9-11,14H2,1-2H3,(H,27,31). The van der Waals surface area contributed by atoms with Crippen molar-refractivity contribution in [3.05, 3.63) is 53.3 Å². The molecule has 1 aliphatic heterocycles. The lowest BCUT2D eigenvalue weighted by atomic mass is 10.0. The van der Waals surface area contributed by atoms with Crippen LogP contribution in [0, 0.1) is 11.3 Å². The minimum absolute atomic E-state index is 0.00974. The monoisotopic (exact) mass is 463 g/mol. The molecule has 0 radical (unpaired) electrons. The predicted molar refractivity (Wildman–Crippen MR) is 113 cm³/mol. The number of halogens is 3. The summed E-state index contributed by atoms with van der Waals surface area (Å²) in [6, 6.07) is 7.39. The van der Waals surface area contributed by atoms with Gasteiger partial charge in [-0.3, -0.25) is 9.59 Å². The van der Waals surface area contributed by atoms with Gasteiger partial charge < -0.3 is 24.4 Å². The normalized spacial score (nSPS) is 16.4. The summed E-state index contributed by atoms with van der Waals surface area (Å²) in [7, 11) is 3.21. The van der Waals surface area contributed by atoms with Crippen molar-refractivity contribution >= 4 is 17.5 Å². The summed E-state index contributed by atoms with van der Waals surface area (Å²) in [5.41, 5.74) is -0.966. The third-order valence-corrected chi connectivity index (χ3v) is 5.50. The van der Waals surface area contributed by atoms with E-state index in [0.717, 1.165) is 12.1 Å². The molecular formula is C22H24F3N5O3. The summed E-state index contributed by atoms with van der Waals surface area (Å²) in [6.07, 6.45) is -2.99. The molecule has 3 rings (SSSR count). The molecule has 1 unspecified atom stereocenters. The lowest BCUT2D eigenvalue weighted by Crippen LogP contribution is -2.60. The van der Waals surface area contributed by atoms with Crippen LogP contribution < -0.4 is 10.2 Å². The number of hydrogen-bond acceptors (Lipinski definition) is 5. The third kappa shape index (κ3) is 5.28. The average Bonchev–Trinajstić information content (AvgIpc) is 3.23. The summed E-state index contributed by atoms with van der Waals surface area (Å²) in [6.45, 7) is 0.825. The molecule has 1 aromatic heterocycles. The van der Waals surface area contributed by atoms with E-state index in [1.54, 1.807) is 36.0 Å². The van der Waals surface area contributed by atoms with E-state index < -0.39 is 29.3 Å². The summed E-state index contributed by atoms with van der Waals surface area (Å²) < 4.78 is 47.1. The van der Waals surface area contributed by atoms with Crippen LogP contribution in [-0.4, -0.2) is 67.2 Å². The topological polar surface area (TPSA) is 90.6 Å². The number of piperazine rings is 1. The Bertz CT molecular complexity index is 1060. The van der Waals surface area contributed by atoms with E-state index in [4.69, 9.17) is 10.00 Å². The van der Waals surface area contributed by atoms with Crippen molar-refractivity contribution in [2.45, 2.75) is 12.2 Å². The van der Waals surface area contributed by atoms with Crippen molar-refractivity contribution < 1.29 is 27.5 Å². The van der Waals surface area contributed by atoms with Gasteiger partial charge in [-0.25, -0.2) is 0 Å². The molecule has 0 bridgehead atoms. The Labute approximate surface area is 189 Å². The minimum atomic E-state index is -4.72. The van der Waals surface area contributed by atoms with E-state index in [0.29, 0.717) is 5.69 Å². The van der Waals surface area contributed by atoms with Gasteiger partial charge in [0.05, 0.1) is 30.3 Å². The lowest BCUT2D eigenvalue weighted by Gasteiger charge is -2.42. The SMILES string of the molecule is COCCNC(=O)C1CN(C(=O)c2cccn2C)CCN1c1ccc(C#N)c(C(F)(F)F)c1. The van der Waals surface area contributed by atoms with Crippen LogP contribution in [0.3, 0.4) is 0 Å². The molecule has 0 spiro atoms. The number of ether oxygens (including phenoxy) is 1. The number of methoxy groups -OCH3 is 1. The Balaban J connectivity index is 1.92. The van der Waals surface area contributed by atoms with Crippen molar-refractivity contribution in [2.75, 3.05) is 44.8 Å². The number of rotatable bonds is 6. The second-order valence-electron chi connectivity index (χ2n) is 7.59. The molecule has 0 aliphatic carbocycles. The second kappa shape index (κ2) is 9.95. The van der Waals surface area contributed by atoms with Gasteiger partial charge in [-0.2, -0.15) is 18.4 Å². The first-order valence-corrected chi connectivity index (χ1v) is 10.2. The van der Waals surface area contributed by atoms with Crippen molar-refractivity contribution in [3.63, 3.8) is 0 Å². The summed E-state index contributed by atoms with van der Waals surface area (Å²) in [4.78, 5) is 29.0. The zero-order valence-corrected chi connectivity index (χ0v) is 18.2. The van der Waals surface area contributed by atoms with Gasteiger partial charge in [0.15, 0.2) is 0 Å². The largest absolute Gasteiger partial charge is 0.417 e. The van der Waals surface area contributed by atoms with Gasteiger partial charge in [0.1, 0.15) is 11.7 Å². The van der Waals surface area contributed by atoms with Gasteiger partial charge in [-0.1, -0.05) is 0 Å². The molecule has 1 fully saturated rings. The summed E-state index contributed by atoms with van der Waals surface area (Å²) in [5, 5.41) is 11.8. The van der Waals surface area contributed by atoms with E-state index in [1.165, 1.54) is 23.0 Å². The van der Waals surface area contributed by atoms with E-state index in [-0.39, 0.29) is 44.4 Å². The average molecular weight is 463 g/mol. The van der Waals surface area contributed by atoms with Crippen LogP contribution >= 0.6 is 0 Å². The molecular weight excluding hydrogens is 439 g/mol. The Hall–Kier alpha value is -3.52. The van der Waals surface area contributed by atoms with Crippen LogP contribution in [-0.2, 0) is 22.8 Å². The summed E-state index contributed by atoms with van der Waals surface area (Å²) >= 11 is 0. The fraction of sp³-hybridized carbons (Fsp3) is 0.409. The maximum atomic E-state index is 13.5. The quantitative estimate of drug-likeness (QED) is 0.662. The summed E-state index contributed by atoms with van der Waals surface area (Å²) in [5.74, 6) is -0.706. The zero-order chi connectivity index (χ0) is 24.2. The van der Waals surface area contributed by atoms with Crippen molar-refractivity contribution in [1.29, 1.82) is 5.26 Å². The number of aryl methyl sites for hydroxylation is 1. The van der Waals surface area contributed by atoms with Crippen molar-refractivity contribution in [3.8, 4) is 6.07 Å². The fourth-order valence-corrected chi connectivity index (χ4v) is 3.78. The Morgan fingerprint density at radius 1 is 1.27 bits per heavy atom. The maximum Gasteiger partial charge on any atom is 0.417 e. The van der Waals surface area contributed by atoms with Gasteiger partial charge in [0.25, 0.3) is 5.91 Å². The minimum Gasteiger partial charge on any atom is -0.383 e. The molecule has 1 atom stereocenters. The van der Waals surface area contributed by atoms with Gasteiger partial charge in [-0.15, -0.1) is 0 Å². The molecule has 1 aromatic carbocycles. The van der Waals surface area contributed by atoms with Crippen LogP contribution in [0.2, 0.25) is 0 Å². The molecule has 176 valence electrons. The number of amides is 2. The molecule has 8 nitrogen and oxygen atoms in total. The van der Waals surface area contributed by atoms with Crippen LogP contribution in [0.5, 0.6) is 0 Å². The van der Waals surface area contributed by atoms with Gasteiger partial charge >= 0.3 is 6.18 Å². The van der Waals surface area contributed by atoms with E-state index in [2.05, 4.69) is 5.32 Å². The lowest BCUT2D eigenvalue weighted by molar-refractivity contribution is -0.137. The number of hydrogen-bond donors (Lipinski definition) is 1. The van der Waals surface area contributed by atoms with Crippen LogP contribution in [0.4, 0.5) is 18.9 Å². The highest BCUT2D eigenvalue weighted by molar-refractivity contribution is 5.94. The smallest absolute Gasteiger partial charge is 0.383 e. The van der Waals surface area contributed by atoms with E-state index >= 15 is 0 Å². The first-order valence-electron chi connectivity index (χ1n) is 10.2. The highest BCUT2D eigenvalue weighted by atomic mass is 19.4. The predicted octanol–water partition coefficient (Wildman–Crippen LogP) is 2.01. The molecule has 1 N–H and O–H groups in total. The number of nitrogens with zero attached hydrogens (tertiary/aromatic N) is 4. The number of carbonyl (C=O) groups is 2. The van der Waals surface area contributed by atoms with Crippen LogP contribution in [0.1, 0.15) is 21.6 Å². The van der Waals surface area contributed by atoms with Crippen molar-refractivity contribution in [2.24, 2.45) is 7.05 Å². The molecule has 1 saturated heterocycles. The van der Waals surface area contributed by atoms with Gasteiger partial charge in [0, 0.05) is 45.7 Å². The zero-order valence-electron chi connectivity index (χ0n) is 18.2. The van der Waals surface area contributed by atoms with Crippen molar-refractivity contribution in [1.82, 2.24) is 14.8 Å². The molecule has 0 saturated carbocycles. The van der Waals surface area contributed by atoms with E-state index in [9.17, 15) is 22.8 Å². The number of aromatic nitrogens is 1. The highest BCUT2D eigenvalue weighted by Gasteiger charge is 2.38. The number of benzene rings is 1. The molecule has 1 aliphatic rings. The number of nitrogens with one attached hydrogen (secondary N) is 1. The number of carbonyl (C=O) groups excluding carboxylic acids is 2. The molecule has 33 heavy (non-hydrogen) atoms. The molecule has 2 heterocycles.